The highest BCUT2D eigenvalue weighted by atomic mass is 16.5. The number of benzene rings is 3. The number of esters is 1. The Kier molecular flexibility index (Phi) is 8.54. The molecule has 4 aromatic rings. The van der Waals surface area contributed by atoms with E-state index in [2.05, 4.69) is 75.4 Å². The summed E-state index contributed by atoms with van der Waals surface area (Å²) in [5, 5.41) is 0. The summed E-state index contributed by atoms with van der Waals surface area (Å²) in [7, 11) is 0. The Morgan fingerprint density at radius 1 is 0.795 bits per heavy atom. The number of piperazine rings is 1. The van der Waals surface area contributed by atoms with Gasteiger partial charge in [0.15, 0.2) is 0 Å². The van der Waals surface area contributed by atoms with Gasteiger partial charge in [-0.3, -0.25) is 4.90 Å². The predicted octanol–water partition coefficient (Wildman–Crippen LogP) is 6.22. The minimum atomic E-state index is -0.318. The summed E-state index contributed by atoms with van der Waals surface area (Å²) in [5.74, 6) is 1.26. The summed E-state index contributed by atoms with van der Waals surface area (Å²) < 4.78 is 11.5. The van der Waals surface area contributed by atoms with E-state index >= 15 is 0 Å². The van der Waals surface area contributed by atoms with Crippen LogP contribution in [0.25, 0.3) is 11.1 Å². The summed E-state index contributed by atoms with van der Waals surface area (Å²) in [4.78, 5) is 21.6. The van der Waals surface area contributed by atoms with Crippen LogP contribution in [0.1, 0.15) is 35.3 Å². The molecule has 0 N–H and O–H groups in total. The Morgan fingerprint density at radius 2 is 1.46 bits per heavy atom. The fourth-order valence-corrected chi connectivity index (χ4v) is 4.74. The van der Waals surface area contributed by atoms with Crippen molar-refractivity contribution in [1.82, 2.24) is 9.88 Å². The molecule has 3 aromatic carbocycles. The largest absolute Gasteiger partial charge is 0.489 e. The number of pyridine rings is 1. The molecule has 0 bridgehead atoms. The first-order chi connectivity index (χ1) is 19.0. The van der Waals surface area contributed by atoms with Crippen LogP contribution in [-0.4, -0.2) is 48.1 Å². The van der Waals surface area contributed by atoms with Crippen molar-refractivity contribution >= 4 is 11.8 Å². The maximum atomic E-state index is 12.5. The molecule has 6 nitrogen and oxygen atoms in total. The molecule has 1 aromatic heterocycles. The van der Waals surface area contributed by atoms with Gasteiger partial charge >= 0.3 is 5.97 Å². The minimum absolute atomic E-state index is 0.161. The first-order valence-electron chi connectivity index (χ1n) is 13.5. The molecule has 1 aliphatic heterocycles. The molecule has 6 heteroatoms. The number of nitrogens with zero attached hydrogens (tertiary/aromatic N) is 3. The normalized spacial score (nSPS) is 13.9. The van der Waals surface area contributed by atoms with Gasteiger partial charge in [0.05, 0.1) is 6.10 Å². The van der Waals surface area contributed by atoms with Gasteiger partial charge in [-0.25, -0.2) is 9.78 Å². The Morgan fingerprint density at radius 3 is 2.15 bits per heavy atom. The molecule has 5 rings (SSSR count). The number of anilines is 1. The minimum Gasteiger partial charge on any atom is -0.489 e. The first-order valence-corrected chi connectivity index (χ1v) is 13.5. The number of rotatable bonds is 9. The van der Waals surface area contributed by atoms with Crippen molar-refractivity contribution in [2.75, 3.05) is 31.1 Å². The standard InChI is InChI=1S/C33H35N3O3/c1-25(2)39-33(37)31-9-6-18-34-32(31)36-21-19-35(20-22-36)23-26-12-16-30(17-13-26)38-24-27-10-14-29(15-11-27)28-7-4-3-5-8-28/h3-18,25H,19-24H2,1-2H3. The molecular weight excluding hydrogens is 486 g/mol. The summed E-state index contributed by atoms with van der Waals surface area (Å²) in [5.41, 5.74) is 5.35. The Balaban J connectivity index is 1.10. The monoisotopic (exact) mass is 521 g/mol. The van der Waals surface area contributed by atoms with Crippen LogP contribution in [0.5, 0.6) is 5.75 Å². The van der Waals surface area contributed by atoms with E-state index in [0.29, 0.717) is 18.0 Å². The highest BCUT2D eigenvalue weighted by Crippen LogP contribution is 2.23. The van der Waals surface area contributed by atoms with Crippen LogP contribution in [0.3, 0.4) is 0 Å². The lowest BCUT2D eigenvalue weighted by atomic mass is 10.0. The van der Waals surface area contributed by atoms with Gasteiger partial charge in [-0.15, -0.1) is 0 Å². The third-order valence-corrected chi connectivity index (χ3v) is 6.82. The number of hydrogen-bond donors (Lipinski definition) is 0. The van der Waals surface area contributed by atoms with Crippen LogP contribution in [0.2, 0.25) is 0 Å². The fraction of sp³-hybridized carbons (Fsp3) is 0.273. The van der Waals surface area contributed by atoms with Crippen molar-refractivity contribution in [2.24, 2.45) is 0 Å². The third kappa shape index (κ3) is 7.03. The van der Waals surface area contributed by atoms with E-state index in [0.717, 1.165) is 44.0 Å². The molecule has 0 amide bonds. The van der Waals surface area contributed by atoms with Gasteiger partial charge in [0.1, 0.15) is 23.7 Å². The van der Waals surface area contributed by atoms with Crippen LogP contribution in [0, 0.1) is 0 Å². The number of carbonyl (C=O) groups is 1. The van der Waals surface area contributed by atoms with E-state index in [1.54, 1.807) is 18.3 Å². The molecule has 1 fully saturated rings. The van der Waals surface area contributed by atoms with E-state index in [9.17, 15) is 4.79 Å². The van der Waals surface area contributed by atoms with Crippen LogP contribution in [-0.2, 0) is 17.9 Å². The lowest BCUT2D eigenvalue weighted by Gasteiger charge is -2.36. The van der Waals surface area contributed by atoms with Crippen molar-refractivity contribution in [3.63, 3.8) is 0 Å². The number of carbonyl (C=O) groups excluding carboxylic acids is 1. The van der Waals surface area contributed by atoms with Crippen molar-refractivity contribution < 1.29 is 14.3 Å². The van der Waals surface area contributed by atoms with Gasteiger partial charge in [0, 0.05) is 38.9 Å². The van der Waals surface area contributed by atoms with Crippen molar-refractivity contribution in [1.29, 1.82) is 0 Å². The lowest BCUT2D eigenvalue weighted by Crippen LogP contribution is -2.46. The van der Waals surface area contributed by atoms with E-state index in [4.69, 9.17) is 9.47 Å². The molecule has 1 saturated heterocycles. The molecule has 0 aliphatic carbocycles. The van der Waals surface area contributed by atoms with Crippen LogP contribution < -0.4 is 9.64 Å². The summed E-state index contributed by atoms with van der Waals surface area (Å²) >= 11 is 0. The molecule has 0 saturated carbocycles. The van der Waals surface area contributed by atoms with Crippen LogP contribution in [0.15, 0.2) is 97.2 Å². The second-order valence-electron chi connectivity index (χ2n) is 10.1. The van der Waals surface area contributed by atoms with Gasteiger partial charge in [0.2, 0.25) is 0 Å². The zero-order valence-electron chi connectivity index (χ0n) is 22.6. The quantitative estimate of drug-likeness (QED) is 0.244. The Hall–Kier alpha value is -4.16. The van der Waals surface area contributed by atoms with Gasteiger partial charge in [-0.2, -0.15) is 0 Å². The molecule has 0 atom stereocenters. The summed E-state index contributed by atoms with van der Waals surface area (Å²) in [6.45, 7) is 8.54. The first kappa shape index (κ1) is 26.4. The van der Waals surface area contributed by atoms with Gasteiger partial charge in [-0.05, 0) is 60.4 Å². The van der Waals surface area contributed by atoms with Crippen LogP contribution in [0.4, 0.5) is 5.82 Å². The van der Waals surface area contributed by atoms with E-state index in [1.165, 1.54) is 16.7 Å². The predicted molar refractivity (Wildman–Crippen MR) is 155 cm³/mol. The molecule has 200 valence electrons. The van der Waals surface area contributed by atoms with Crippen molar-refractivity contribution in [3.05, 3.63) is 114 Å². The molecular formula is C33H35N3O3. The Bertz CT molecular complexity index is 1350. The average Bonchev–Trinajstić information content (AvgIpc) is 2.98. The van der Waals surface area contributed by atoms with E-state index in [-0.39, 0.29) is 12.1 Å². The van der Waals surface area contributed by atoms with Gasteiger partial charge in [-0.1, -0.05) is 66.7 Å². The summed E-state index contributed by atoms with van der Waals surface area (Å²) in [6.07, 6.45) is 1.57. The second-order valence-corrected chi connectivity index (χ2v) is 10.1. The van der Waals surface area contributed by atoms with E-state index in [1.807, 2.05) is 32.0 Å². The topological polar surface area (TPSA) is 54.9 Å². The molecule has 39 heavy (non-hydrogen) atoms. The molecule has 0 unspecified atom stereocenters. The van der Waals surface area contributed by atoms with Crippen molar-refractivity contribution in [2.45, 2.75) is 33.1 Å². The molecule has 0 radical (unpaired) electrons. The molecule has 2 heterocycles. The maximum Gasteiger partial charge on any atom is 0.342 e. The summed E-state index contributed by atoms with van der Waals surface area (Å²) in [6, 6.07) is 30.9. The SMILES string of the molecule is CC(C)OC(=O)c1cccnc1N1CCN(Cc2ccc(OCc3ccc(-c4ccccc4)cc3)cc2)CC1. The average molecular weight is 522 g/mol. The fourth-order valence-electron chi connectivity index (χ4n) is 4.74. The third-order valence-electron chi connectivity index (χ3n) is 6.82. The highest BCUT2D eigenvalue weighted by molar-refractivity contribution is 5.94. The molecule has 0 spiro atoms. The number of ether oxygens (including phenoxy) is 2. The van der Waals surface area contributed by atoms with Crippen LogP contribution >= 0.6 is 0 Å². The number of aromatic nitrogens is 1. The zero-order chi connectivity index (χ0) is 27.0. The number of hydrogen-bond acceptors (Lipinski definition) is 6. The highest BCUT2D eigenvalue weighted by Gasteiger charge is 2.23. The van der Waals surface area contributed by atoms with E-state index < -0.39 is 0 Å². The second kappa shape index (κ2) is 12.6. The maximum absolute atomic E-state index is 12.5. The van der Waals surface area contributed by atoms with Crippen molar-refractivity contribution in [3.8, 4) is 16.9 Å². The lowest BCUT2D eigenvalue weighted by molar-refractivity contribution is 0.0378. The molecule has 1 aliphatic rings. The van der Waals surface area contributed by atoms with Gasteiger partial charge in [0.25, 0.3) is 0 Å². The Labute approximate surface area is 230 Å². The zero-order valence-corrected chi connectivity index (χ0v) is 22.6. The smallest absolute Gasteiger partial charge is 0.342 e. The van der Waals surface area contributed by atoms with Gasteiger partial charge < -0.3 is 14.4 Å².